The van der Waals surface area contributed by atoms with Crippen molar-refractivity contribution in [1.82, 2.24) is 0 Å². The van der Waals surface area contributed by atoms with Crippen molar-refractivity contribution >= 4 is 5.69 Å². The van der Waals surface area contributed by atoms with Crippen molar-refractivity contribution in [3.05, 3.63) is 53.6 Å². The van der Waals surface area contributed by atoms with Gasteiger partial charge in [-0.3, -0.25) is 0 Å². The van der Waals surface area contributed by atoms with Crippen LogP contribution in [-0.4, -0.2) is 19.3 Å². The smallest absolute Gasteiger partial charge is 0.120 e. The summed E-state index contributed by atoms with van der Waals surface area (Å²) in [6.45, 7) is 0. The van der Waals surface area contributed by atoms with Crippen LogP contribution in [0.1, 0.15) is 30.0 Å². The molecule has 0 spiro atoms. The summed E-state index contributed by atoms with van der Waals surface area (Å²) in [4.78, 5) is 2.28. The summed E-state index contributed by atoms with van der Waals surface area (Å²) in [6, 6.07) is 14.2. The number of fused-ring (bicyclic) bond motifs is 1. The average Bonchev–Trinajstić information content (AvgIpc) is 2.53. The Labute approximate surface area is 125 Å². The molecule has 2 aromatic carbocycles. The fourth-order valence-electron chi connectivity index (χ4n) is 3.17. The standard InChI is InChI=1S/C18H21NO2/c1-19(14-6-4-7-16(11-14)21-2)18-8-3-5-13-9-10-15(20)12-17(13)18/h4,6-7,9-12,18,20H,3,5,8H2,1-2H3. The van der Waals surface area contributed by atoms with Gasteiger partial charge in [-0.25, -0.2) is 0 Å². The lowest BCUT2D eigenvalue weighted by Crippen LogP contribution is -2.27. The molecule has 1 aliphatic rings. The van der Waals surface area contributed by atoms with E-state index >= 15 is 0 Å². The van der Waals surface area contributed by atoms with Gasteiger partial charge in [0.15, 0.2) is 0 Å². The molecule has 0 fully saturated rings. The number of aromatic hydroxyl groups is 1. The molecule has 0 saturated carbocycles. The highest BCUT2D eigenvalue weighted by Crippen LogP contribution is 2.38. The average molecular weight is 283 g/mol. The summed E-state index contributed by atoms with van der Waals surface area (Å²) in [5.41, 5.74) is 3.72. The highest BCUT2D eigenvalue weighted by molar-refractivity contribution is 5.53. The van der Waals surface area contributed by atoms with E-state index in [2.05, 4.69) is 30.1 Å². The van der Waals surface area contributed by atoms with E-state index in [4.69, 9.17) is 4.74 Å². The largest absolute Gasteiger partial charge is 0.508 e. The Kier molecular flexibility index (Phi) is 3.74. The molecular weight excluding hydrogens is 262 g/mol. The second kappa shape index (κ2) is 5.68. The van der Waals surface area contributed by atoms with Crippen LogP contribution in [0.5, 0.6) is 11.5 Å². The molecule has 3 heteroatoms. The van der Waals surface area contributed by atoms with E-state index in [1.165, 1.54) is 17.5 Å². The van der Waals surface area contributed by atoms with Gasteiger partial charge in [0.1, 0.15) is 11.5 Å². The number of ether oxygens (including phenoxy) is 1. The summed E-state index contributed by atoms with van der Waals surface area (Å²) in [5, 5.41) is 9.80. The van der Waals surface area contributed by atoms with Gasteiger partial charge in [-0.2, -0.15) is 0 Å². The lowest BCUT2D eigenvalue weighted by Gasteiger charge is -2.35. The van der Waals surface area contributed by atoms with Gasteiger partial charge in [0.2, 0.25) is 0 Å². The molecule has 0 saturated heterocycles. The van der Waals surface area contributed by atoms with Gasteiger partial charge < -0.3 is 14.7 Å². The summed E-state index contributed by atoms with van der Waals surface area (Å²) in [6.07, 6.45) is 3.37. The van der Waals surface area contributed by atoms with E-state index in [1.807, 2.05) is 18.2 Å². The maximum Gasteiger partial charge on any atom is 0.120 e. The first-order chi connectivity index (χ1) is 10.2. The van der Waals surface area contributed by atoms with E-state index < -0.39 is 0 Å². The SMILES string of the molecule is COc1cccc(N(C)C2CCCc3ccc(O)cc32)c1. The number of methoxy groups -OCH3 is 1. The number of phenols is 1. The molecule has 0 amide bonds. The number of nitrogens with zero attached hydrogens (tertiary/aromatic N) is 1. The number of rotatable bonds is 3. The second-order valence-corrected chi connectivity index (χ2v) is 5.60. The number of aryl methyl sites for hydroxylation is 1. The Morgan fingerprint density at radius 1 is 1.19 bits per heavy atom. The van der Waals surface area contributed by atoms with E-state index in [0.717, 1.165) is 24.3 Å². The molecular formula is C18H21NO2. The first-order valence-corrected chi connectivity index (χ1v) is 7.37. The van der Waals surface area contributed by atoms with Crippen LogP contribution in [0.25, 0.3) is 0 Å². The molecule has 2 aromatic rings. The number of hydrogen-bond acceptors (Lipinski definition) is 3. The van der Waals surface area contributed by atoms with Crippen molar-refractivity contribution in [3.63, 3.8) is 0 Å². The topological polar surface area (TPSA) is 32.7 Å². The molecule has 0 heterocycles. The third-order valence-corrected chi connectivity index (χ3v) is 4.34. The summed E-state index contributed by atoms with van der Waals surface area (Å²) >= 11 is 0. The predicted molar refractivity (Wildman–Crippen MR) is 85.2 cm³/mol. The van der Waals surface area contributed by atoms with Gasteiger partial charge in [-0.1, -0.05) is 12.1 Å². The molecule has 0 aromatic heterocycles. The summed E-state index contributed by atoms with van der Waals surface area (Å²) in [5.74, 6) is 1.21. The van der Waals surface area contributed by atoms with Crippen molar-refractivity contribution < 1.29 is 9.84 Å². The van der Waals surface area contributed by atoms with Crippen molar-refractivity contribution in [1.29, 1.82) is 0 Å². The fraction of sp³-hybridized carbons (Fsp3) is 0.333. The van der Waals surface area contributed by atoms with Gasteiger partial charge in [-0.15, -0.1) is 0 Å². The third kappa shape index (κ3) is 2.68. The maximum atomic E-state index is 9.80. The van der Waals surface area contributed by atoms with E-state index in [1.54, 1.807) is 13.2 Å². The normalized spacial score (nSPS) is 17.1. The Balaban J connectivity index is 1.95. The minimum Gasteiger partial charge on any atom is -0.508 e. The van der Waals surface area contributed by atoms with Gasteiger partial charge in [0, 0.05) is 18.8 Å². The van der Waals surface area contributed by atoms with Crippen LogP contribution in [0.15, 0.2) is 42.5 Å². The van der Waals surface area contributed by atoms with Crippen molar-refractivity contribution in [3.8, 4) is 11.5 Å². The molecule has 3 nitrogen and oxygen atoms in total. The first kappa shape index (κ1) is 13.8. The number of phenolic OH excluding ortho intramolecular Hbond substituents is 1. The molecule has 1 aliphatic carbocycles. The predicted octanol–water partition coefficient (Wildman–Crippen LogP) is 3.91. The zero-order valence-corrected chi connectivity index (χ0v) is 12.5. The molecule has 110 valence electrons. The van der Waals surface area contributed by atoms with E-state index in [0.29, 0.717) is 11.8 Å². The quantitative estimate of drug-likeness (QED) is 0.927. The lowest BCUT2D eigenvalue weighted by molar-refractivity contribution is 0.414. The van der Waals surface area contributed by atoms with Crippen LogP contribution < -0.4 is 9.64 Å². The Morgan fingerprint density at radius 2 is 2.05 bits per heavy atom. The van der Waals surface area contributed by atoms with Gasteiger partial charge >= 0.3 is 0 Å². The summed E-state index contributed by atoms with van der Waals surface area (Å²) in [7, 11) is 3.80. The monoisotopic (exact) mass is 283 g/mol. The molecule has 1 N–H and O–H groups in total. The summed E-state index contributed by atoms with van der Waals surface area (Å²) < 4.78 is 5.31. The molecule has 0 aliphatic heterocycles. The first-order valence-electron chi connectivity index (χ1n) is 7.37. The van der Waals surface area contributed by atoms with Gasteiger partial charge in [0.05, 0.1) is 13.2 Å². The Bertz CT molecular complexity index is 639. The van der Waals surface area contributed by atoms with Crippen LogP contribution >= 0.6 is 0 Å². The second-order valence-electron chi connectivity index (χ2n) is 5.60. The molecule has 3 rings (SSSR count). The van der Waals surface area contributed by atoms with Crippen LogP contribution in [0.3, 0.4) is 0 Å². The maximum absolute atomic E-state index is 9.80. The van der Waals surface area contributed by atoms with Gasteiger partial charge in [0.25, 0.3) is 0 Å². The third-order valence-electron chi connectivity index (χ3n) is 4.34. The van der Waals surface area contributed by atoms with Crippen LogP contribution in [0.4, 0.5) is 5.69 Å². The Morgan fingerprint density at radius 3 is 2.86 bits per heavy atom. The number of anilines is 1. The van der Waals surface area contributed by atoms with Gasteiger partial charge in [-0.05, 0) is 54.7 Å². The fourth-order valence-corrected chi connectivity index (χ4v) is 3.17. The number of hydrogen-bond donors (Lipinski definition) is 1. The zero-order chi connectivity index (χ0) is 14.8. The minimum atomic E-state index is 0.299. The molecule has 1 unspecified atom stereocenters. The van der Waals surface area contributed by atoms with Crippen LogP contribution in [-0.2, 0) is 6.42 Å². The van der Waals surface area contributed by atoms with Crippen molar-refractivity contribution in [2.24, 2.45) is 0 Å². The molecule has 0 bridgehead atoms. The Hall–Kier alpha value is -2.16. The minimum absolute atomic E-state index is 0.299. The zero-order valence-electron chi connectivity index (χ0n) is 12.5. The van der Waals surface area contributed by atoms with Crippen molar-refractivity contribution in [2.75, 3.05) is 19.1 Å². The van der Waals surface area contributed by atoms with E-state index in [9.17, 15) is 5.11 Å². The highest BCUT2D eigenvalue weighted by Gasteiger charge is 2.24. The molecule has 21 heavy (non-hydrogen) atoms. The van der Waals surface area contributed by atoms with Crippen LogP contribution in [0.2, 0.25) is 0 Å². The number of benzene rings is 2. The lowest BCUT2D eigenvalue weighted by atomic mass is 9.86. The van der Waals surface area contributed by atoms with Crippen molar-refractivity contribution in [2.45, 2.75) is 25.3 Å². The highest BCUT2D eigenvalue weighted by atomic mass is 16.5. The molecule has 0 radical (unpaired) electrons. The van der Waals surface area contributed by atoms with Crippen LogP contribution in [0, 0.1) is 0 Å². The van der Waals surface area contributed by atoms with E-state index in [-0.39, 0.29) is 0 Å². The molecule has 1 atom stereocenters.